The summed E-state index contributed by atoms with van der Waals surface area (Å²) in [6.07, 6.45) is 1.74. The minimum atomic E-state index is -0.321. The van der Waals surface area contributed by atoms with E-state index in [0.29, 0.717) is 5.75 Å². The molecule has 0 aliphatic rings. The van der Waals surface area contributed by atoms with Crippen molar-refractivity contribution in [2.24, 2.45) is 0 Å². The van der Waals surface area contributed by atoms with E-state index in [2.05, 4.69) is 4.98 Å². The number of hydrogen-bond donors (Lipinski definition) is 0. The van der Waals surface area contributed by atoms with Crippen LogP contribution in [-0.4, -0.2) is 11.0 Å². The summed E-state index contributed by atoms with van der Waals surface area (Å²) in [7, 11) is 0. The third-order valence-electron chi connectivity index (χ3n) is 3.09. The van der Waals surface area contributed by atoms with Crippen LogP contribution in [0, 0.1) is 6.92 Å². The van der Waals surface area contributed by atoms with Gasteiger partial charge in [-0.05, 0) is 24.4 Å². The Bertz CT molecular complexity index is 793. The molecule has 1 heterocycles. The molecule has 1 aromatic heterocycles. The molecule has 0 saturated heterocycles. The maximum atomic E-state index is 11.2. The number of rotatable bonds is 1. The zero-order chi connectivity index (χ0) is 13.4. The summed E-state index contributed by atoms with van der Waals surface area (Å²) in [4.78, 5) is 15.6. The lowest BCUT2D eigenvalue weighted by atomic mass is 10.0. The quantitative estimate of drug-likeness (QED) is 0.376. The van der Waals surface area contributed by atoms with Crippen LogP contribution in [0.5, 0.6) is 5.75 Å². The number of pyridine rings is 1. The Morgan fingerprint density at radius 3 is 2.74 bits per heavy atom. The molecule has 0 unspecified atom stereocenters. The van der Waals surface area contributed by atoms with E-state index in [1.807, 2.05) is 43.3 Å². The number of aromatic nitrogens is 1. The number of aryl methyl sites for hydroxylation is 1. The molecule has 0 N–H and O–H groups in total. The predicted octanol–water partition coefficient (Wildman–Crippen LogP) is 3.62. The van der Waals surface area contributed by atoms with Gasteiger partial charge in [0.15, 0.2) is 0 Å². The van der Waals surface area contributed by atoms with Crippen LogP contribution in [0.3, 0.4) is 0 Å². The van der Waals surface area contributed by atoms with Crippen LogP contribution in [0.2, 0.25) is 0 Å². The lowest BCUT2D eigenvalue weighted by Gasteiger charge is -2.10. The third-order valence-corrected chi connectivity index (χ3v) is 3.09. The molecular formula is C16H13NO2. The minimum Gasteiger partial charge on any atom is -0.426 e. The van der Waals surface area contributed by atoms with Crippen LogP contribution in [0.25, 0.3) is 21.7 Å². The summed E-state index contributed by atoms with van der Waals surface area (Å²) in [6, 6.07) is 11.9. The Kier molecular flexibility index (Phi) is 2.67. The van der Waals surface area contributed by atoms with Gasteiger partial charge in [-0.15, -0.1) is 0 Å². The van der Waals surface area contributed by atoms with Crippen LogP contribution in [0.4, 0.5) is 0 Å². The number of hydrogen-bond acceptors (Lipinski definition) is 3. The molecule has 3 rings (SSSR count). The molecule has 94 valence electrons. The molecule has 2 aromatic carbocycles. The maximum Gasteiger partial charge on any atom is 0.308 e. The molecule has 0 atom stereocenters. The molecule has 0 aliphatic heterocycles. The zero-order valence-electron chi connectivity index (χ0n) is 10.8. The van der Waals surface area contributed by atoms with Crippen molar-refractivity contribution < 1.29 is 9.53 Å². The van der Waals surface area contributed by atoms with Crippen LogP contribution in [-0.2, 0) is 4.79 Å². The van der Waals surface area contributed by atoms with E-state index in [9.17, 15) is 4.79 Å². The second kappa shape index (κ2) is 4.35. The number of benzene rings is 2. The van der Waals surface area contributed by atoms with Crippen LogP contribution < -0.4 is 4.74 Å². The summed E-state index contributed by atoms with van der Waals surface area (Å²) in [5.74, 6) is 0.246. The van der Waals surface area contributed by atoms with Gasteiger partial charge < -0.3 is 4.74 Å². The van der Waals surface area contributed by atoms with E-state index >= 15 is 0 Å². The van der Waals surface area contributed by atoms with Crippen molar-refractivity contribution in [1.29, 1.82) is 0 Å². The molecule has 0 radical (unpaired) electrons. The van der Waals surface area contributed by atoms with Gasteiger partial charge in [0.05, 0.1) is 5.52 Å². The van der Waals surface area contributed by atoms with Crippen molar-refractivity contribution in [3.8, 4) is 5.75 Å². The lowest BCUT2D eigenvalue weighted by molar-refractivity contribution is -0.131. The fraction of sp³-hybridized carbons (Fsp3) is 0.125. The second-order valence-corrected chi connectivity index (χ2v) is 4.59. The van der Waals surface area contributed by atoms with Crippen molar-refractivity contribution in [2.75, 3.05) is 0 Å². The first-order valence-electron chi connectivity index (χ1n) is 6.11. The highest BCUT2D eigenvalue weighted by Crippen LogP contribution is 2.33. The molecule has 0 amide bonds. The van der Waals surface area contributed by atoms with E-state index < -0.39 is 0 Å². The van der Waals surface area contributed by atoms with Gasteiger partial charge in [-0.25, -0.2) is 0 Å². The van der Waals surface area contributed by atoms with Crippen molar-refractivity contribution >= 4 is 27.6 Å². The molecule has 0 fully saturated rings. The maximum absolute atomic E-state index is 11.2. The molecule has 3 heteroatoms. The molecule has 0 saturated carbocycles. The molecule has 0 spiro atoms. The van der Waals surface area contributed by atoms with Gasteiger partial charge in [0.2, 0.25) is 0 Å². The number of fused-ring (bicyclic) bond motifs is 3. The van der Waals surface area contributed by atoms with Gasteiger partial charge in [0, 0.05) is 30.0 Å². The van der Waals surface area contributed by atoms with Gasteiger partial charge in [-0.2, -0.15) is 0 Å². The number of esters is 1. The van der Waals surface area contributed by atoms with Crippen molar-refractivity contribution in [2.45, 2.75) is 13.8 Å². The normalized spacial score (nSPS) is 10.8. The summed E-state index contributed by atoms with van der Waals surface area (Å²) < 4.78 is 5.31. The number of carbonyl (C=O) groups is 1. The topological polar surface area (TPSA) is 39.2 Å². The highest BCUT2D eigenvalue weighted by atomic mass is 16.5. The molecule has 3 nitrogen and oxygen atoms in total. The Morgan fingerprint density at radius 2 is 1.95 bits per heavy atom. The highest BCUT2D eigenvalue weighted by molar-refractivity contribution is 6.09. The summed E-state index contributed by atoms with van der Waals surface area (Å²) in [6.45, 7) is 3.43. The van der Waals surface area contributed by atoms with E-state index in [1.165, 1.54) is 6.92 Å². The first-order valence-corrected chi connectivity index (χ1v) is 6.11. The van der Waals surface area contributed by atoms with Crippen LogP contribution in [0.1, 0.15) is 12.5 Å². The fourth-order valence-electron chi connectivity index (χ4n) is 2.30. The van der Waals surface area contributed by atoms with E-state index in [4.69, 9.17) is 4.74 Å². The number of ether oxygens (including phenoxy) is 1. The van der Waals surface area contributed by atoms with Crippen molar-refractivity contribution in [3.05, 3.63) is 48.2 Å². The number of nitrogens with zero attached hydrogens (tertiary/aromatic N) is 1. The average molecular weight is 251 g/mol. The molecule has 0 bridgehead atoms. The van der Waals surface area contributed by atoms with Crippen molar-refractivity contribution in [1.82, 2.24) is 4.98 Å². The number of carbonyl (C=O) groups excluding carboxylic acids is 1. The average Bonchev–Trinajstić information content (AvgIpc) is 2.38. The summed E-state index contributed by atoms with van der Waals surface area (Å²) in [5, 5.41) is 3.05. The zero-order valence-corrected chi connectivity index (χ0v) is 10.8. The van der Waals surface area contributed by atoms with Gasteiger partial charge in [-0.3, -0.25) is 9.78 Å². The van der Waals surface area contributed by atoms with Crippen LogP contribution in [0.15, 0.2) is 42.6 Å². The Balaban J connectivity index is 2.44. The second-order valence-electron chi connectivity index (χ2n) is 4.59. The van der Waals surface area contributed by atoms with Gasteiger partial charge in [0.1, 0.15) is 5.75 Å². The summed E-state index contributed by atoms with van der Waals surface area (Å²) >= 11 is 0. The SMILES string of the molecule is CC(=O)Oc1cc2ncccc2c2ccc(C)cc12. The Hall–Kier alpha value is -2.42. The minimum absolute atomic E-state index is 0.321. The first-order chi connectivity index (χ1) is 9.15. The highest BCUT2D eigenvalue weighted by Gasteiger charge is 2.10. The molecule has 0 aliphatic carbocycles. The van der Waals surface area contributed by atoms with Gasteiger partial charge in [0.25, 0.3) is 0 Å². The van der Waals surface area contributed by atoms with E-state index in [0.717, 1.165) is 27.2 Å². The molecule has 19 heavy (non-hydrogen) atoms. The molecular weight excluding hydrogens is 238 g/mol. The predicted molar refractivity (Wildman–Crippen MR) is 75.3 cm³/mol. The monoisotopic (exact) mass is 251 g/mol. The standard InChI is InChI=1S/C16H13NO2/c1-10-5-6-12-13-4-3-7-17-15(13)9-16(14(12)8-10)19-11(2)18/h3-9H,1-2H3. The van der Waals surface area contributed by atoms with E-state index in [1.54, 1.807) is 6.20 Å². The largest absolute Gasteiger partial charge is 0.426 e. The van der Waals surface area contributed by atoms with Crippen molar-refractivity contribution in [3.63, 3.8) is 0 Å². The molecule has 3 aromatic rings. The summed E-state index contributed by atoms with van der Waals surface area (Å²) in [5.41, 5.74) is 1.96. The fourth-order valence-corrected chi connectivity index (χ4v) is 2.30. The van der Waals surface area contributed by atoms with Gasteiger partial charge in [-0.1, -0.05) is 23.8 Å². The Morgan fingerprint density at radius 1 is 1.11 bits per heavy atom. The van der Waals surface area contributed by atoms with Crippen LogP contribution >= 0.6 is 0 Å². The third kappa shape index (κ3) is 2.03. The van der Waals surface area contributed by atoms with Gasteiger partial charge >= 0.3 is 5.97 Å². The van der Waals surface area contributed by atoms with E-state index in [-0.39, 0.29) is 5.97 Å². The smallest absolute Gasteiger partial charge is 0.308 e. The first kappa shape index (κ1) is 11.7. The lowest BCUT2D eigenvalue weighted by Crippen LogP contribution is -2.02. The Labute approximate surface area is 110 Å².